The summed E-state index contributed by atoms with van der Waals surface area (Å²) in [7, 11) is 0. The van der Waals surface area contributed by atoms with Gasteiger partial charge in [-0.3, -0.25) is 0 Å². The first kappa shape index (κ1) is 11.0. The second-order valence-corrected chi connectivity index (χ2v) is 4.54. The Bertz CT molecular complexity index is 331. The normalized spacial score (nSPS) is 19.7. The third kappa shape index (κ3) is 2.19. The summed E-state index contributed by atoms with van der Waals surface area (Å²) in [6.45, 7) is -0.117. The van der Waals surface area contributed by atoms with Crippen LogP contribution in [0.2, 0.25) is 5.02 Å². The van der Waals surface area contributed by atoms with E-state index in [1.54, 1.807) is 6.07 Å². The SMILES string of the molecule is NC(CO)c1cc(Cl)c(C2CCCC2)o1. The molecule has 4 heteroatoms. The molecule has 1 heterocycles. The highest BCUT2D eigenvalue weighted by atomic mass is 35.5. The van der Waals surface area contributed by atoms with Crippen LogP contribution in [-0.2, 0) is 0 Å². The lowest BCUT2D eigenvalue weighted by Gasteiger charge is -2.06. The Labute approximate surface area is 94.2 Å². The van der Waals surface area contributed by atoms with E-state index in [4.69, 9.17) is 26.9 Å². The predicted octanol–water partition coefficient (Wildman–Crippen LogP) is 2.58. The molecule has 2 rings (SSSR count). The second kappa shape index (κ2) is 4.56. The quantitative estimate of drug-likeness (QED) is 0.838. The van der Waals surface area contributed by atoms with Crippen LogP contribution in [0.15, 0.2) is 10.5 Å². The Balaban J connectivity index is 2.20. The maximum atomic E-state index is 8.93. The minimum Gasteiger partial charge on any atom is -0.462 e. The van der Waals surface area contributed by atoms with Crippen LogP contribution >= 0.6 is 11.6 Å². The van der Waals surface area contributed by atoms with Crippen LogP contribution in [0.1, 0.15) is 49.2 Å². The number of nitrogens with two attached hydrogens (primary N) is 1. The first-order chi connectivity index (χ1) is 7.22. The molecule has 0 aliphatic heterocycles. The Morgan fingerprint density at radius 3 is 2.80 bits per heavy atom. The zero-order valence-electron chi connectivity index (χ0n) is 8.58. The van der Waals surface area contributed by atoms with Crippen LogP contribution in [-0.4, -0.2) is 11.7 Å². The van der Waals surface area contributed by atoms with Crippen LogP contribution < -0.4 is 5.73 Å². The summed E-state index contributed by atoms with van der Waals surface area (Å²) in [6, 6.07) is 1.27. The molecule has 0 aromatic carbocycles. The van der Waals surface area contributed by atoms with E-state index in [2.05, 4.69) is 0 Å². The van der Waals surface area contributed by atoms with E-state index in [9.17, 15) is 0 Å². The third-order valence-corrected chi connectivity index (χ3v) is 3.32. The van der Waals surface area contributed by atoms with Crippen molar-refractivity contribution in [1.82, 2.24) is 0 Å². The fraction of sp³-hybridized carbons (Fsp3) is 0.636. The van der Waals surface area contributed by atoms with Crippen molar-refractivity contribution in [2.45, 2.75) is 37.6 Å². The lowest BCUT2D eigenvalue weighted by Crippen LogP contribution is -2.13. The van der Waals surface area contributed by atoms with Gasteiger partial charge in [0.2, 0.25) is 0 Å². The number of hydrogen-bond acceptors (Lipinski definition) is 3. The van der Waals surface area contributed by atoms with Gasteiger partial charge in [-0.15, -0.1) is 0 Å². The first-order valence-corrected chi connectivity index (χ1v) is 5.75. The van der Waals surface area contributed by atoms with Crippen LogP contribution in [0.3, 0.4) is 0 Å². The van der Waals surface area contributed by atoms with E-state index >= 15 is 0 Å². The van der Waals surface area contributed by atoms with E-state index in [0.717, 1.165) is 18.6 Å². The predicted molar refractivity (Wildman–Crippen MR) is 58.9 cm³/mol. The zero-order chi connectivity index (χ0) is 10.8. The van der Waals surface area contributed by atoms with Gasteiger partial charge in [-0.05, 0) is 12.8 Å². The molecule has 1 fully saturated rings. The largest absolute Gasteiger partial charge is 0.462 e. The fourth-order valence-electron chi connectivity index (χ4n) is 2.14. The Morgan fingerprint density at radius 1 is 1.53 bits per heavy atom. The summed E-state index contributed by atoms with van der Waals surface area (Å²) in [6.07, 6.45) is 4.76. The lowest BCUT2D eigenvalue weighted by molar-refractivity contribution is 0.248. The molecular formula is C11H16ClNO2. The maximum absolute atomic E-state index is 8.93. The minimum atomic E-state index is -0.461. The molecule has 0 spiro atoms. The molecule has 1 aromatic heterocycles. The molecule has 0 saturated heterocycles. The van der Waals surface area contributed by atoms with Gasteiger partial charge >= 0.3 is 0 Å². The number of aliphatic hydroxyl groups is 1. The molecule has 1 aliphatic rings. The highest BCUT2D eigenvalue weighted by Gasteiger charge is 2.24. The van der Waals surface area contributed by atoms with Crippen LogP contribution in [0.25, 0.3) is 0 Å². The maximum Gasteiger partial charge on any atom is 0.125 e. The number of aliphatic hydroxyl groups excluding tert-OH is 1. The van der Waals surface area contributed by atoms with E-state index in [0.29, 0.717) is 16.7 Å². The zero-order valence-corrected chi connectivity index (χ0v) is 9.33. The summed E-state index contributed by atoms with van der Waals surface area (Å²) in [4.78, 5) is 0. The van der Waals surface area contributed by atoms with Gasteiger partial charge in [0.1, 0.15) is 11.5 Å². The van der Waals surface area contributed by atoms with Gasteiger partial charge in [0.25, 0.3) is 0 Å². The van der Waals surface area contributed by atoms with E-state index < -0.39 is 6.04 Å². The Kier molecular flexibility index (Phi) is 3.34. The summed E-state index contributed by atoms with van der Waals surface area (Å²) in [5, 5.41) is 9.58. The summed E-state index contributed by atoms with van der Waals surface area (Å²) >= 11 is 6.10. The number of furan rings is 1. The second-order valence-electron chi connectivity index (χ2n) is 4.13. The molecule has 1 saturated carbocycles. The summed E-state index contributed by atoms with van der Waals surface area (Å²) < 4.78 is 5.63. The van der Waals surface area contributed by atoms with Crippen molar-refractivity contribution < 1.29 is 9.52 Å². The lowest BCUT2D eigenvalue weighted by atomic mass is 10.1. The van der Waals surface area contributed by atoms with Crippen molar-refractivity contribution in [2.75, 3.05) is 6.61 Å². The van der Waals surface area contributed by atoms with Gasteiger partial charge in [-0.25, -0.2) is 0 Å². The summed E-state index contributed by atoms with van der Waals surface area (Å²) in [5.74, 6) is 1.88. The average Bonchev–Trinajstić information content (AvgIpc) is 2.84. The van der Waals surface area contributed by atoms with Gasteiger partial charge in [0, 0.05) is 12.0 Å². The molecule has 0 bridgehead atoms. The van der Waals surface area contributed by atoms with E-state index in [1.807, 2.05) is 0 Å². The number of halogens is 1. The average molecular weight is 230 g/mol. The molecule has 3 N–H and O–H groups in total. The van der Waals surface area contributed by atoms with Crippen molar-refractivity contribution in [2.24, 2.45) is 5.73 Å². The van der Waals surface area contributed by atoms with Gasteiger partial charge in [0.15, 0.2) is 0 Å². The highest BCUT2D eigenvalue weighted by molar-refractivity contribution is 6.31. The number of rotatable bonds is 3. The molecule has 1 atom stereocenters. The Hall–Kier alpha value is -0.510. The van der Waals surface area contributed by atoms with Crippen molar-refractivity contribution in [1.29, 1.82) is 0 Å². The van der Waals surface area contributed by atoms with Crippen molar-refractivity contribution in [3.8, 4) is 0 Å². The third-order valence-electron chi connectivity index (χ3n) is 3.02. The molecule has 0 amide bonds. The van der Waals surface area contributed by atoms with Crippen molar-refractivity contribution in [3.05, 3.63) is 22.6 Å². The topological polar surface area (TPSA) is 59.4 Å². The minimum absolute atomic E-state index is 0.117. The van der Waals surface area contributed by atoms with Crippen molar-refractivity contribution >= 4 is 11.6 Å². The standard InChI is InChI=1S/C11H16ClNO2/c12-8-5-10(9(13)6-14)15-11(8)7-3-1-2-4-7/h5,7,9,14H,1-4,6,13H2. The molecular weight excluding hydrogens is 214 g/mol. The first-order valence-electron chi connectivity index (χ1n) is 5.38. The highest BCUT2D eigenvalue weighted by Crippen LogP contribution is 2.39. The van der Waals surface area contributed by atoms with E-state index in [1.165, 1.54) is 12.8 Å². The molecule has 3 nitrogen and oxygen atoms in total. The molecule has 1 aromatic rings. The van der Waals surface area contributed by atoms with Crippen LogP contribution in [0.5, 0.6) is 0 Å². The van der Waals surface area contributed by atoms with Crippen LogP contribution in [0, 0.1) is 0 Å². The molecule has 0 radical (unpaired) electrons. The number of hydrogen-bond donors (Lipinski definition) is 2. The summed E-state index contributed by atoms with van der Waals surface area (Å²) in [5.41, 5.74) is 5.67. The van der Waals surface area contributed by atoms with E-state index in [-0.39, 0.29) is 6.61 Å². The van der Waals surface area contributed by atoms with Crippen molar-refractivity contribution in [3.63, 3.8) is 0 Å². The smallest absolute Gasteiger partial charge is 0.125 e. The van der Waals surface area contributed by atoms with Gasteiger partial charge in [-0.1, -0.05) is 24.4 Å². The molecule has 84 valence electrons. The Morgan fingerprint density at radius 2 is 2.20 bits per heavy atom. The molecule has 1 aliphatic carbocycles. The molecule has 1 unspecified atom stereocenters. The molecule has 15 heavy (non-hydrogen) atoms. The van der Waals surface area contributed by atoms with Crippen LogP contribution in [0.4, 0.5) is 0 Å². The fourth-order valence-corrected chi connectivity index (χ4v) is 2.44. The van der Waals surface area contributed by atoms with Gasteiger partial charge in [-0.2, -0.15) is 0 Å². The van der Waals surface area contributed by atoms with Gasteiger partial charge < -0.3 is 15.3 Å². The van der Waals surface area contributed by atoms with Gasteiger partial charge in [0.05, 0.1) is 17.7 Å². The monoisotopic (exact) mass is 229 g/mol.